The number of benzene rings is 1. The van der Waals surface area contributed by atoms with E-state index in [-0.39, 0.29) is 41.0 Å². The van der Waals surface area contributed by atoms with Crippen LogP contribution >= 0.6 is 39.3 Å². The van der Waals surface area contributed by atoms with Crippen LogP contribution in [0.15, 0.2) is 36.9 Å². The van der Waals surface area contributed by atoms with Gasteiger partial charge in [-0.1, -0.05) is 47.5 Å². The van der Waals surface area contributed by atoms with E-state index in [1.54, 1.807) is 35.2 Å². The van der Waals surface area contributed by atoms with Crippen LogP contribution in [0.2, 0.25) is 5.02 Å². The summed E-state index contributed by atoms with van der Waals surface area (Å²) in [6.45, 7) is 7.70. The highest BCUT2D eigenvalue weighted by Gasteiger charge is 2.76. The lowest BCUT2D eigenvalue weighted by molar-refractivity contribution is -0.149. The molecule has 10 heteroatoms. The Hall–Kier alpha value is -1.55. The number of likely N-dealkylation sites (tertiary alicyclic amines) is 1. The van der Waals surface area contributed by atoms with Crippen molar-refractivity contribution in [2.45, 2.75) is 53.6 Å². The van der Waals surface area contributed by atoms with Crippen molar-refractivity contribution in [2.75, 3.05) is 18.1 Å². The first-order valence-corrected chi connectivity index (χ1v) is 13.9. The molecular formula is C25H30BrClN2O5S. The van der Waals surface area contributed by atoms with Gasteiger partial charge in [0.05, 0.1) is 29.2 Å². The summed E-state index contributed by atoms with van der Waals surface area (Å²) in [6, 6.07) is 5.37. The highest BCUT2D eigenvalue weighted by atomic mass is 79.9. The van der Waals surface area contributed by atoms with Gasteiger partial charge < -0.3 is 20.0 Å². The molecule has 35 heavy (non-hydrogen) atoms. The van der Waals surface area contributed by atoms with Crippen LogP contribution in [-0.2, 0) is 14.4 Å². The fourth-order valence-electron chi connectivity index (χ4n) is 6.06. The van der Waals surface area contributed by atoms with E-state index in [0.717, 1.165) is 0 Å². The number of alkyl halides is 1. The molecule has 7 nitrogen and oxygen atoms in total. The first kappa shape index (κ1) is 26.5. The zero-order valence-corrected chi connectivity index (χ0v) is 22.8. The highest BCUT2D eigenvalue weighted by Crippen LogP contribution is 2.68. The summed E-state index contributed by atoms with van der Waals surface area (Å²) >= 11 is 11.2. The Morgan fingerprint density at radius 3 is 2.57 bits per heavy atom. The van der Waals surface area contributed by atoms with Crippen molar-refractivity contribution in [2.24, 2.45) is 17.8 Å². The maximum Gasteiger partial charge on any atom is 0.308 e. The van der Waals surface area contributed by atoms with Crippen molar-refractivity contribution in [1.82, 2.24) is 4.90 Å². The number of rotatable bonds is 9. The largest absolute Gasteiger partial charge is 0.481 e. The summed E-state index contributed by atoms with van der Waals surface area (Å²) in [5.74, 6) is -3.23. The second-order valence-corrected chi connectivity index (χ2v) is 13.1. The molecule has 3 fully saturated rings. The number of hydrogen-bond acceptors (Lipinski definition) is 5. The first-order valence-electron chi connectivity index (χ1n) is 11.7. The van der Waals surface area contributed by atoms with Gasteiger partial charge in [-0.05, 0) is 43.0 Å². The molecule has 4 rings (SSSR count). The standard InChI is InChI=1S/C25H30BrClN2O5S/c1-4-9-28(15-7-5-14(27)6-8-15)23(32)21-25-11-17(26)20(35-25)18(24(33)34)19(25)22(31)29(21)16(12-30)10-13(2)3/h4-8,13,16-21,30H,1,9-12H2,2-3H3,(H,33,34)/t16-,17?,18+,19+,20+,21?,25?/m1/s1. The maximum atomic E-state index is 14.4. The average Bonchev–Trinajstić information content (AvgIpc) is 3.39. The molecule has 3 saturated heterocycles. The zero-order chi connectivity index (χ0) is 25.7. The normalized spacial score (nSPS) is 32.1. The third-order valence-corrected chi connectivity index (χ3v) is 10.8. The van der Waals surface area contributed by atoms with Gasteiger partial charge in [-0.2, -0.15) is 0 Å². The van der Waals surface area contributed by atoms with Crippen LogP contribution in [0.1, 0.15) is 26.7 Å². The number of carboxylic acids is 1. The summed E-state index contributed by atoms with van der Waals surface area (Å²) in [7, 11) is 0. The van der Waals surface area contributed by atoms with E-state index in [1.165, 1.54) is 16.7 Å². The lowest BCUT2D eigenvalue weighted by Gasteiger charge is -2.40. The van der Waals surface area contributed by atoms with Gasteiger partial charge in [-0.3, -0.25) is 14.4 Å². The molecule has 1 aromatic carbocycles. The number of aliphatic hydroxyl groups is 1. The molecule has 2 N–H and O–H groups in total. The third-order valence-electron chi connectivity index (χ3n) is 7.31. The van der Waals surface area contributed by atoms with Crippen LogP contribution < -0.4 is 4.90 Å². The second kappa shape index (κ2) is 10.1. The van der Waals surface area contributed by atoms with Crippen molar-refractivity contribution in [3.05, 3.63) is 41.9 Å². The molecule has 3 unspecified atom stereocenters. The number of carbonyl (C=O) groups is 3. The van der Waals surface area contributed by atoms with E-state index in [9.17, 15) is 24.6 Å². The second-order valence-electron chi connectivity index (χ2n) is 9.93. The molecule has 7 atom stereocenters. The minimum atomic E-state index is -1.02. The summed E-state index contributed by atoms with van der Waals surface area (Å²) in [5.41, 5.74) is 0.610. The number of carbonyl (C=O) groups excluding carboxylic acids is 2. The van der Waals surface area contributed by atoms with Gasteiger partial charge in [0.2, 0.25) is 5.91 Å². The Labute approximate surface area is 223 Å². The van der Waals surface area contributed by atoms with Crippen LogP contribution in [0, 0.1) is 17.8 Å². The number of thioether (sulfide) groups is 1. The SMILES string of the molecule is C=CCN(C(=O)C1N([C@@H](CO)CC(C)C)C(=O)[C@@H]2[C@H](C(=O)O)[C@H]3SC12CC3Br)c1ccc(Cl)cc1. The molecule has 0 aliphatic carbocycles. The lowest BCUT2D eigenvalue weighted by Crippen LogP contribution is -2.58. The molecule has 0 aromatic heterocycles. The fourth-order valence-corrected chi connectivity index (χ4v) is 9.78. The third kappa shape index (κ3) is 4.32. The Kier molecular flexibility index (Phi) is 7.63. The fraction of sp³-hybridized carbons (Fsp3) is 0.560. The van der Waals surface area contributed by atoms with E-state index in [0.29, 0.717) is 23.6 Å². The summed E-state index contributed by atoms with van der Waals surface area (Å²) in [6.07, 6.45) is 2.62. The van der Waals surface area contributed by atoms with Crippen molar-refractivity contribution in [3.8, 4) is 0 Å². The highest BCUT2D eigenvalue weighted by molar-refractivity contribution is 9.09. The summed E-state index contributed by atoms with van der Waals surface area (Å²) in [5, 5.41) is 20.6. The molecule has 3 aliphatic rings. The van der Waals surface area contributed by atoms with Crippen molar-refractivity contribution in [1.29, 1.82) is 0 Å². The van der Waals surface area contributed by atoms with Crippen LogP contribution in [0.25, 0.3) is 0 Å². The van der Waals surface area contributed by atoms with E-state index in [2.05, 4.69) is 22.5 Å². The van der Waals surface area contributed by atoms with Crippen LogP contribution in [0.5, 0.6) is 0 Å². The number of carboxylic acid groups (broad SMARTS) is 1. The van der Waals surface area contributed by atoms with Gasteiger partial charge in [-0.15, -0.1) is 18.3 Å². The maximum absolute atomic E-state index is 14.4. The minimum Gasteiger partial charge on any atom is -0.481 e. The number of halogens is 2. The van der Waals surface area contributed by atoms with E-state index in [1.807, 2.05) is 13.8 Å². The minimum absolute atomic E-state index is 0.131. The number of anilines is 1. The molecule has 1 spiro atoms. The van der Waals surface area contributed by atoms with Crippen molar-refractivity contribution >= 4 is 62.8 Å². The predicted octanol–water partition coefficient (Wildman–Crippen LogP) is 3.82. The van der Waals surface area contributed by atoms with Gasteiger partial charge in [0, 0.05) is 27.3 Å². The quantitative estimate of drug-likeness (QED) is 0.338. The number of nitrogens with zero attached hydrogens (tertiary/aromatic N) is 2. The summed E-state index contributed by atoms with van der Waals surface area (Å²) in [4.78, 5) is 43.6. The zero-order valence-electron chi connectivity index (χ0n) is 19.6. The topological polar surface area (TPSA) is 98.2 Å². The Balaban J connectivity index is 1.85. The number of hydrogen-bond donors (Lipinski definition) is 2. The molecule has 2 bridgehead atoms. The Bertz CT molecular complexity index is 1020. The molecule has 3 heterocycles. The molecule has 0 radical (unpaired) electrons. The predicted molar refractivity (Wildman–Crippen MR) is 141 cm³/mol. The summed E-state index contributed by atoms with van der Waals surface area (Å²) < 4.78 is -0.897. The number of fused-ring (bicyclic) bond motifs is 1. The molecule has 1 aromatic rings. The average molecular weight is 586 g/mol. The molecule has 3 aliphatic heterocycles. The van der Waals surface area contributed by atoms with Crippen LogP contribution in [-0.4, -0.2) is 73.0 Å². The van der Waals surface area contributed by atoms with Crippen molar-refractivity contribution in [3.63, 3.8) is 0 Å². The van der Waals surface area contributed by atoms with Gasteiger partial charge in [0.25, 0.3) is 5.91 Å². The van der Waals surface area contributed by atoms with Gasteiger partial charge in [0.15, 0.2) is 0 Å². The van der Waals surface area contributed by atoms with Gasteiger partial charge >= 0.3 is 5.97 Å². The number of amides is 2. The number of aliphatic hydroxyl groups excluding tert-OH is 1. The van der Waals surface area contributed by atoms with E-state index in [4.69, 9.17) is 11.6 Å². The lowest BCUT2D eigenvalue weighted by atomic mass is 9.71. The van der Waals surface area contributed by atoms with Crippen LogP contribution in [0.4, 0.5) is 5.69 Å². The van der Waals surface area contributed by atoms with Crippen LogP contribution in [0.3, 0.4) is 0 Å². The van der Waals surface area contributed by atoms with E-state index >= 15 is 0 Å². The van der Waals surface area contributed by atoms with Crippen molar-refractivity contribution < 1.29 is 24.6 Å². The monoisotopic (exact) mass is 584 g/mol. The first-order chi connectivity index (χ1) is 16.6. The molecule has 0 saturated carbocycles. The molecular weight excluding hydrogens is 556 g/mol. The smallest absolute Gasteiger partial charge is 0.308 e. The Morgan fingerprint density at radius 1 is 1.37 bits per heavy atom. The molecule has 190 valence electrons. The van der Waals surface area contributed by atoms with E-state index < -0.39 is 34.6 Å². The van der Waals surface area contributed by atoms with Gasteiger partial charge in [0.1, 0.15) is 6.04 Å². The number of aliphatic carboxylic acids is 1. The molecule has 2 amide bonds. The van der Waals surface area contributed by atoms with Gasteiger partial charge in [-0.25, -0.2) is 0 Å². The Morgan fingerprint density at radius 2 is 2.03 bits per heavy atom.